The molecule has 1 aliphatic heterocycles. The van der Waals surface area contributed by atoms with E-state index < -0.39 is 5.82 Å². The summed E-state index contributed by atoms with van der Waals surface area (Å²) in [5.41, 5.74) is 0.673. The van der Waals surface area contributed by atoms with Crippen LogP contribution in [-0.2, 0) is 4.74 Å². The lowest BCUT2D eigenvalue weighted by atomic mass is 10.3. The molecule has 0 saturated carbocycles. The molecule has 1 aromatic carbocycles. The summed E-state index contributed by atoms with van der Waals surface area (Å²) in [5.74, 6) is -0.438. The number of nitrogens with zero attached hydrogens (tertiary/aromatic N) is 1. The first-order chi connectivity index (χ1) is 10.1. The van der Waals surface area contributed by atoms with Crippen LogP contribution >= 0.6 is 23.8 Å². The first kappa shape index (κ1) is 16.4. The van der Waals surface area contributed by atoms with Crippen molar-refractivity contribution >= 4 is 34.6 Å². The first-order valence-corrected chi connectivity index (χ1v) is 7.74. The van der Waals surface area contributed by atoms with Gasteiger partial charge in [-0.3, -0.25) is 4.90 Å². The molecule has 4 nitrogen and oxygen atoms in total. The minimum atomic E-state index is -0.438. The highest BCUT2D eigenvalue weighted by Crippen LogP contribution is 2.19. The van der Waals surface area contributed by atoms with Gasteiger partial charge >= 0.3 is 0 Å². The monoisotopic (exact) mass is 331 g/mol. The van der Waals surface area contributed by atoms with Gasteiger partial charge in [0.2, 0.25) is 0 Å². The number of hydrogen-bond acceptors (Lipinski definition) is 3. The molecule has 0 spiro atoms. The standard InChI is InChI=1S/C14H19ClFN3OS/c15-12-10-11(2-3-13(12)16)18-14(21)17-4-1-5-19-6-8-20-9-7-19/h2-3,10H,1,4-9H2,(H2,17,18,21). The van der Waals surface area contributed by atoms with Crippen molar-refractivity contribution in [3.63, 3.8) is 0 Å². The Morgan fingerprint density at radius 1 is 1.38 bits per heavy atom. The van der Waals surface area contributed by atoms with E-state index in [1.807, 2.05) is 0 Å². The smallest absolute Gasteiger partial charge is 0.170 e. The lowest BCUT2D eigenvalue weighted by molar-refractivity contribution is 0.0376. The second kappa shape index (κ2) is 8.48. The van der Waals surface area contributed by atoms with Gasteiger partial charge in [0.25, 0.3) is 0 Å². The summed E-state index contributed by atoms with van der Waals surface area (Å²) >= 11 is 10.9. The Kier molecular flexibility index (Phi) is 6.63. The summed E-state index contributed by atoms with van der Waals surface area (Å²) in [4.78, 5) is 2.38. The van der Waals surface area contributed by atoms with Crippen LogP contribution in [0.2, 0.25) is 5.02 Å². The van der Waals surface area contributed by atoms with Crippen molar-refractivity contribution in [1.82, 2.24) is 10.2 Å². The van der Waals surface area contributed by atoms with Crippen LogP contribution in [0.3, 0.4) is 0 Å². The van der Waals surface area contributed by atoms with Crippen LogP contribution in [0.4, 0.5) is 10.1 Å². The van der Waals surface area contributed by atoms with E-state index in [2.05, 4.69) is 15.5 Å². The molecule has 0 unspecified atom stereocenters. The van der Waals surface area contributed by atoms with Crippen LogP contribution in [-0.4, -0.2) is 49.4 Å². The van der Waals surface area contributed by atoms with E-state index >= 15 is 0 Å². The molecule has 1 heterocycles. The molecule has 0 amide bonds. The minimum absolute atomic E-state index is 0.0788. The zero-order valence-corrected chi connectivity index (χ0v) is 13.3. The Balaban J connectivity index is 1.63. The number of halogens is 2. The van der Waals surface area contributed by atoms with Crippen molar-refractivity contribution in [2.45, 2.75) is 6.42 Å². The van der Waals surface area contributed by atoms with E-state index in [1.54, 1.807) is 6.07 Å². The Hall–Kier alpha value is -0.950. The highest BCUT2D eigenvalue weighted by molar-refractivity contribution is 7.80. The van der Waals surface area contributed by atoms with E-state index in [-0.39, 0.29) is 5.02 Å². The zero-order valence-electron chi connectivity index (χ0n) is 11.7. The molecule has 2 rings (SSSR count). The van der Waals surface area contributed by atoms with Gasteiger partial charge in [0, 0.05) is 25.3 Å². The van der Waals surface area contributed by atoms with Gasteiger partial charge in [-0.05, 0) is 43.4 Å². The van der Waals surface area contributed by atoms with Crippen molar-refractivity contribution < 1.29 is 9.13 Å². The van der Waals surface area contributed by atoms with Crippen molar-refractivity contribution in [2.75, 3.05) is 44.7 Å². The number of benzene rings is 1. The predicted molar refractivity (Wildman–Crippen MR) is 87.5 cm³/mol. The van der Waals surface area contributed by atoms with Crippen LogP contribution in [0.25, 0.3) is 0 Å². The molecule has 7 heteroatoms. The van der Waals surface area contributed by atoms with Gasteiger partial charge in [0.05, 0.1) is 18.2 Å². The number of anilines is 1. The molecule has 0 bridgehead atoms. The molecule has 21 heavy (non-hydrogen) atoms. The third kappa shape index (κ3) is 5.74. The van der Waals surface area contributed by atoms with Gasteiger partial charge in [0.1, 0.15) is 5.82 Å². The van der Waals surface area contributed by atoms with E-state index in [9.17, 15) is 4.39 Å². The molecule has 1 aromatic rings. The van der Waals surface area contributed by atoms with Crippen molar-refractivity contribution in [2.24, 2.45) is 0 Å². The molecule has 1 saturated heterocycles. The van der Waals surface area contributed by atoms with E-state index in [0.717, 1.165) is 45.8 Å². The van der Waals surface area contributed by atoms with Crippen LogP contribution in [0.1, 0.15) is 6.42 Å². The average Bonchev–Trinajstić information content (AvgIpc) is 2.49. The molecule has 1 fully saturated rings. The minimum Gasteiger partial charge on any atom is -0.379 e. The lowest BCUT2D eigenvalue weighted by Gasteiger charge is -2.26. The largest absolute Gasteiger partial charge is 0.379 e. The Bertz CT molecular complexity index is 483. The van der Waals surface area contributed by atoms with Crippen molar-refractivity contribution in [1.29, 1.82) is 0 Å². The van der Waals surface area contributed by atoms with E-state index in [4.69, 9.17) is 28.6 Å². The second-order valence-corrected chi connectivity index (χ2v) is 5.63. The van der Waals surface area contributed by atoms with Crippen molar-refractivity contribution in [3.05, 3.63) is 29.0 Å². The van der Waals surface area contributed by atoms with Gasteiger partial charge < -0.3 is 15.4 Å². The van der Waals surface area contributed by atoms with Gasteiger partial charge in [-0.15, -0.1) is 0 Å². The Labute approximate surface area is 134 Å². The summed E-state index contributed by atoms with van der Waals surface area (Å²) in [7, 11) is 0. The summed E-state index contributed by atoms with van der Waals surface area (Å²) in [6.45, 7) is 5.45. The number of thiocarbonyl (C=S) groups is 1. The summed E-state index contributed by atoms with van der Waals surface area (Å²) in [5, 5.41) is 6.71. The highest BCUT2D eigenvalue weighted by Gasteiger charge is 2.09. The number of ether oxygens (including phenoxy) is 1. The van der Waals surface area contributed by atoms with Crippen LogP contribution in [0, 0.1) is 5.82 Å². The van der Waals surface area contributed by atoms with Gasteiger partial charge in [-0.2, -0.15) is 0 Å². The molecule has 1 aliphatic rings. The van der Waals surface area contributed by atoms with Gasteiger partial charge in [-0.25, -0.2) is 4.39 Å². The molecule has 0 aromatic heterocycles. The molecule has 0 atom stereocenters. The molecular formula is C14H19ClFN3OS. The predicted octanol–water partition coefficient (Wildman–Crippen LogP) is 2.49. The number of hydrogen-bond donors (Lipinski definition) is 2. The third-order valence-electron chi connectivity index (χ3n) is 3.22. The summed E-state index contributed by atoms with van der Waals surface area (Å²) in [6, 6.07) is 4.42. The molecule has 116 valence electrons. The maximum atomic E-state index is 13.0. The number of rotatable bonds is 5. The molecule has 0 aliphatic carbocycles. The normalized spacial score (nSPS) is 15.7. The van der Waals surface area contributed by atoms with Gasteiger partial charge in [-0.1, -0.05) is 11.6 Å². The average molecular weight is 332 g/mol. The SMILES string of the molecule is Fc1ccc(NC(=S)NCCCN2CCOCC2)cc1Cl. The lowest BCUT2D eigenvalue weighted by Crippen LogP contribution is -2.38. The maximum absolute atomic E-state index is 13.0. The highest BCUT2D eigenvalue weighted by atomic mass is 35.5. The van der Waals surface area contributed by atoms with Crippen LogP contribution < -0.4 is 10.6 Å². The van der Waals surface area contributed by atoms with Crippen molar-refractivity contribution in [3.8, 4) is 0 Å². The molecule has 2 N–H and O–H groups in total. The molecule has 0 radical (unpaired) electrons. The van der Waals surface area contributed by atoms with E-state index in [0.29, 0.717) is 10.8 Å². The maximum Gasteiger partial charge on any atom is 0.170 e. The Morgan fingerprint density at radius 3 is 2.86 bits per heavy atom. The zero-order chi connectivity index (χ0) is 15.1. The van der Waals surface area contributed by atoms with Crippen LogP contribution in [0.5, 0.6) is 0 Å². The fraction of sp³-hybridized carbons (Fsp3) is 0.500. The fourth-order valence-corrected chi connectivity index (χ4v) is 2.48. The summed E-state index contributed by atoms with van der Waals surface area (Å²) in [6.07, 6.45) is 1.01. The topological polar surface area (TPSA) is 36.5 Å². The van der Waals surface area contributed by atoms with Crippen LogP contribution in [0.15, 0.2) is 18.2 Å². The summed E-state index contributed by atoms with van der Waals surface area (Å²) < 4.78 is 18.3. The van der Waals surface area contributed by atoms with Gasteiger partial charge in [0.15, 0.2) is 5.11 Å². The second-order valence-electron chi connectivity index (χ2n) is 4.82. The molecular weight excluding hydrogens is 313 g/mol. The van der Waals surface area contributed by atoms with E-state index in [1.165, 1.54) is 12.1 Å². The fourth-order valence-electron chi connectivity index (χ4n) is 2.08. The third-order valence-corrected chi connectivity index (χ3v) is 3.75. The Morgan fingerprint density at radius 2 is 2.14 bits per heavy atom. The number of morpholine rings is 1. The quantitative estimate of drug-likeness (QED) is 0.640. The number of nitrogens with one attached hydrogen (secondary N) is 2. The first-order valence-electron chi connectivity index (χ1n) is 6.95.